The molecule has 0 spiro atoms. The predicted molar refractivity (Wildman–Crippen MR) is 114 cm³/mol. The number of nitrogens with zero attached hydrogens (tertiary/aromatic N) is 4. The van der Waals surface area contributed by atoms with Crippen molar-refractivity contribution in [3.63, 3.8) is 0 Å². The molecule has 7 nitrogen and oxygen atoms in total. The quantitative estimate of drug-likeness (QED) is 0.615. The van der Waals surface area contributed by atoms with E-state index in [4.69, 9.17) is 22.2 Å². The average molecular weight is 438 g/mol. The van der Waals surface area contributed by atoms with Gasteiger partial charge in [-0.05, 0) is 61.5 Å². The molecule has 31 heavy (non-hydrogen) atoms. The van der Waals surface area contributed by atoms with Crippen LogP contribution < -0.4 is 4.74 Å². The summed E-state index contributed by atoms with van der Waals surface area (Å²) in [6, 6.07) is 12.6. The molecule has 4 rings (SSSR count). The first-order valence-corrected chi connectivity index (χ1v) is 10.3. The Kier molecular flexibility index (Phi) is 5.82. The topological polar surface area (TPSA) is 86.9 Å². The van der Waals surface area contributed by atoms with E-state index < -0.39 is 5.82 Å². The SMILES string of the molecule is Cn1c(C2CCCN(C(=O)c3ccc(Oc4cccc(F)c4C#N)cc3)C2)n[nH]c1=S. The van der Waals surface area contributed by atoms with E-state index in [1.807, 2.05) is 16.5 Å². The fraction of sp³-hybridized carbons (Fsp3) is 0.273. The van der Waals surface area contributed by atoms with Crippen LogP contribution in [0.1, 0.15) is 40.5 Å². The molecule has 158 valence electrons. The highest BCUT2D eigenvalue weighted by atomic mass is 32.1. The molecule has 1 aromatic heterocycles. The Morgan fingerprint density at radius 3 is 2.77 bits per heavy atom. The smallest absolute Gasteiger partial charge is 0.253 e. The van der Waals surface area contributed by atoms with Crippen LogP contribution in [0, 0.1) is 21.9 Å². The largest absolute Gasteiger partial charge is 0.456 e. The van der Waals surface area contributed by atoms with E-state index in [9.17, 15) is 9.18 Å². The highest BCUT2D eigenvalue weighted by molar-refractivity contribution is 7.71. The second kappa shape index (κ2) is 8.70. The van der Waals surface area contributed by atoms with Crippen molar-refractivity contribution in [1.82, 2.24) is 19.7 Å². The molecule has 1 N–H and O–H groups in total. The fourth-order valence-corrected chi connectivity index (χ4v) is 3.91. The van der Waals surface area contributed by atoms with E-state index in [0.29, 0.717) is 29.2 Å². The molecule has 3 aromatic rings. The molecule has 1 fully saturated rings. The van der Waals surface area contributed by atoms with Crippen LogP contribution in [0.25, 0.3) is 0 Å². The summed E-state index contributed by atoms with van der Waals surface area (Å²) in [6.07, 6.45) is 1.83. The van der Waals surface area contributed by atoms with Crippen LogP contribution in [0.4, 0.5) is 4.39 Å². The van der Waals surface area contributed by atoms with Gasteiger partial charge in [-0.2, -0.15) is 10.4 Å². The number of carbonyl (C=O) groups is 1. The molecule has 1 atom stereocenters. The minimum absolute atomic E-state index is 0.0727. The van der Waals surface area contributed by atoms with Crippen molar-refractivity contribution >= 4 is 18.1 Å². The number of piperidine rings is 1. The van der Waals surface area contributed by atoms with Crippen molar-refractivity contribution in [2.24, 2.45) is 7.05 Å². The van der Waals surface area contributed by atoms with Gasteiger partial charge in [-0.15, -0.1) is 0 Å². The predicted octanol–water partition coefficient (Wildman–Crippen LogP) is 4.30. The van der Waals surface area contributed by atoms with Gasteiger partial charge in [-0.3, -0.25) is 9.89 Å². The van der Waals surface area contributed by atoms with E-state index in [-0.39, 0.29) is 23.1 Å². The number of nitrogens with one attached hydrogen (secondary N) is 1. The number of rotatable bonds is 4. The van der Waals surface area contributed by atoms with Gasteiger partial charge in [0, 0.05) is 31.6 Å². The Bertz CT molecular complexity index is 1210. The Morgan fingerprint density at radius 2 is 2.10 bits per heavy atom. The highest BCUT2D eigenvalue weighted by Crippen LogP contribution is 2.29. The number of aromatic amines is 1. The van der Waals surface area contributed by atoms with Crippen molar-refractivity contribution in [3.05, 3.63) is 70.0 Å². The number of H-pyrrole nitrogens is 1. The summed E-state index contributed by atoms with van der Waals surface area (Å²) < 4.78 is 21.8. The van der Waals surface area contributed by atoms with E-state index in [1.54, 1.807) is 30.3 Å². The molecule has 9 heteroatoms. The van der Waals surface area contributed by atoms with E-state index in [2.05, 4.69) is 10.2 Å². The number of hydrogen-bond donors (Lipinski definition) is 1. The van der Waals surface area contributed by atoms with Crippen LogP contribution in [0.15, 0.2) is 42.5 Å². The molecule has 0 aliphatic carbocycles. The Morgan fingerprint density at radius 1 is 1.32 bits per heavy atom. The first-order chi connectivity index (χ1) is 15.0. The number of halogens is 1. The summed E-state index contributed by atoms with van der Waals surface area (Å²) in [4.78, 5) is 14.8. The lowest BCUT2D eigenvalue weighted by Gasteiger charge is -2.32. The normalized spacial score (nSPS) is 16.0. The standard InChI is InChI=1S/C22H20FN5O2S/c1-27-20(25-26-22(27)31)15-4-3-11-28(13-15)21(29)14-7-9-16(10-8-14)30-19-6-2-5-18(23)17(19)12-24/h2,5-10,15H,3-4,11,13H2,1H3,(H,26,31). The zero-order chi connectivity index (χ0) is 22.0. The van der Waals surface area contributed by atoms with Crippen molar-refractivity contribution in [2.45, 2.75) is 18.8 Å². The Hall–Kier alpha value is -3.51. The summed E-state index contributed by atoms with van der Waals surface area (Å²) in [5.74, 6) is 0.812. The summed E-state index contributed by atoms with van der Waals surface area (Å²) in [6.45, 7) is 1.25. The molecule has 1 saturated heterocycles. The van der Waals surface area contributed by atoms with Crippen LogP contribution in [-0.2, 0) is 7.05 Å². The van der Waals surface area contributed by atoms with Crippen LogP contribution >= 0.6 is 12.2 Å². The summed E-state index contributed by atoms with van der Waals surface area (Å²) in [5, 5.41) is 16.2. The van der Waals surface area contributed by atoms with Crippen molar-refractivity contribution in [1.29, 1.82) is 5.26 Å². The number of carbonyl (C=O) groups excluding carboxylic acids is 1. The van der Waals surface area contributed by atoms with Gasteiger partial charge in [-0.25, -0.2) is 4.39 Å². The zero-order valence-corrected chi connectivity index (χ0v) is 17.7. The third kappa shape index (κ3) is 4.20. The highest BCUT2D eigenvalue weighted by Gasteiger charge is 2.28. The average Bonchev–Trinajstić information content (AvgIpc) is 3.12. The number of amides is 1. The minimum atomic E-state index is -0.639. The molecular weight excluding hydrogens is 417 g/mol. The summed E-state index contributed by atoms with van der Waals surface area (Å²) in [7, 11) is 1.87. The number of likely N-dealkylation sites (tertiary alicyclic amines) is 1. The van der Waals surface area contributed by atoms with Gasteiger partial charge < -0.3 is 14.2 Å². The van der Waals surface area contributed by atoms with Gasteiger partial charge >= 0.3 is 0 Å². The summed E-state index contributed by atoms with van der Waals surface area (Å²) >= 11 is 5.20. The number of nitriles is 1. The van der Waals surface area contributed by atoms with Crippen LogP contribution in [0.5, 0.6) is 11.5 Å². The van der Waals surface area contributed by atoms with Gasteiger partial charge in [-0.1, -0.05) is 6.07 Å². The number of benzene rings is 2. The molecule has 0 radical (unpaired) electrons. The maximum atomic E-state index is 13.7. The van der Waals surface area contributed by atoms with E-state index in [1.165, 1.54) is 18.2 Å². The molecule has 1 aliphatic rings. The number of ether oxygens (including phenoxy) is 1. The molecular formula is C22H20FN5O2S. The van der Waals surface area contributed by atoms with Gasteiger partial charge in [0.1, 0.15) is 34.8 Å². The number of hydrogen-bond acceptors (Lipinski definition) is 5. The first kappa shape index (κ1) is 20.8. The Balaban J connectivity index is 1.47. The first-order valence-electron chi connectivity index (χ1n) is 9.85. The third-order valence-corrected chi connectivity index (χ3v) is 5.77. The number of aromatic nitrogens is 3. The molecule has 1 aliphatic heterocycles. The van der Waals surface area contributed by atoms with Crippen LogP contribution in [0.3, 0.4) is 0 Å². The lowest BCUT2D eigenvalue weighted by molar-refractivity contribution is 0.0703. The monoisotopic (exact) mass is 437 g/mol. The van der Waals surface area contributed by atoms with Crippen molar-refractivity contribution in [2.75, 3.05) is 13.1 Å². The molecule has 1 unspecified atom stereocenters. The second-order valence-electron chi connectivity index (χ2n) is 7.39. The second-order valence-corrected chi connectivity index (χ2v) is 7.77. The maximum Gasteiger partial charge on any atom is 0.253 e. The lowest BCUT2D eigenvalue weighted by atomic mass is 9.96. The van der Waals surface area contributed by atoms with Crippen LogP contribution in [-0.4, -0.2) is 38.7 Å². The molecule has 2 aromatic carbocycles. The molecule has 0 saturated carbocycles. The minimum Gasteiger partial charge on any atom is -0.456 e. The van der Waals surface area contributed by atoms with Gasteiger partial charge in [0.25, 0.3) is 5.91 Å². The lowest BCUT2D eigenvalue weighted by Crippen LogP contribution is -2.39. The molecule has 2 heterocycles. The third-order valence-electron chi connectivity index (χ3n) is 5.40. The maximum absolute atomic E-state index is 13.7. The van der Waals surface area contributed by atoms with Crippen LogP contribution in [0.2, 0.25) is 0 Å². The van der Waals surface area contributed by atoms with Gasteiger partial charge in [0.2, 0.25) is 0 Å². The summed E-state index contributed by atoms with van der Waals surface area (Å²) in [5.41, 5.74) is 0.374. The zero-order valence-electron chi connectivity index (χ0n) is 16.8. The Labute approximate surface area is 183 Å². The van der Waals surface area contributed by atoms with E-state index >= 15 is 0 Å². The van der Waals surface area contributed by atoms with Gasteiger partial charge in [0.05, 0.1) is 0 Å². The fourth-order valence-electron chi connectivity index (χ4n) is 3.77. The van der Waals surface area contributed by atoms with Crippen molar-refractivity contribution in [3.8, 4) is 17.6 Å². The van der Waals surface area contributed by atoms with E-state index in [0.717, 1.165) is 18.7 Å². The van der Waals surface area contributed by atoms with Gasteiger partial charge in [0.15, 0.2) is 4.77 Å². The molecule has 0 bridgehead atoms. The molecule has 1 amide bonds. The van der Waals surface area contributed by atoms with Crippen molar-refractivity contribution < 1.29 is 13.9 Å².